The van der Waals surface area contributed by atoms with Crippen LogP contribution in [0.5, 0.6) is 0 Å². The first-order valence-electron chi connectivity index (χ1n) is 8.59. The van der Waals surface area contributed by atoms with Gasteiger partial charge in [-0.25, -0.2) is 4.98 Å². The Labute approximate surface area is 144 Å². The van der Waals surface area contributed by atoms with Crippen LogP contribution >= 0.6 is 0 Å². The average molecular weight is 320 g/mol. The van der Waals surface area contributed by atoms with Crippen LogP contribution in [-0.2, 0) is 0 Å². The Morgan fingerprint density at radius 2 is 2.04 bits per heavy atom. The molecule has 1 atom stereocenters. The van der Waals surface area contributed by atoms with Crippen LogP contribution in [0.1, 0.15) is 37.9 Å². The van der Waals surface area contributed by atoms with Gasteiger partial charge in [0.05, 0.1) is 11.3 Å². The first kappa shape index (κ1) is 16.5. The van der Waals surface area contributed by atoms with Crippen molar-refractivity contribution in [1.29, 1.82) is 5.26 Å². The van der Waals surface area contributed by atoms with Crippen LogP contribution in [0, 0.1) is 11.3 Å². The summed E-state index contributed by atoms with van der Waals surface area (Å²) in [5, 5.41) is 13.1. The maximum absolute atomic E-state index is 9.68. The maximum Gasteiger partial charge on any atom is 0.146 e. The van der Waals surface area contributed by atoms with Gasteiger partial charge in [0.2, 0.25) is 0 Å². The summed E-state index contributed by atoms with van der Waals surface area (Å²) in [5.41, 5.74) is 3.90. The summed E-state index contributed by atoms with van der Waals surface area (Å²) in [7, 11) is 0. The van der Waals surface area contributed by atoms with Crippen molar-refractivity contribution in [2.45, 2.75) is 32.7 Å². The number of hydrogen-bond acceptors (Lipinski definition) is 4. The van der Waals surface area contributed by atoms with E-state index in [1.54, 1.807) is 0 Å². The lowest BCUT2D eigenvalue weighted by Crippen LogP contribution is -2.49. The van der Waals surface area contributed by atoms with Gasteiger partial charge in [-0.05, 0) is 24.5 Å². The Balaban J connectivity index is 2.12. The van der Waals surface area contributed by atoms with E-state index in [2.05, 4.69) is 49.2 Å². The SMILES string of the molecule is CC1CN(c2nc(C(C)C)c(-c3ccccc3)cc2C#N)CCN1. The fraction of sp³-hybridized carbons (Fsp3) is 0.400. The number of aromatic nitrogens is 1. The van der Waals surface area contributed by atoms with Gasteiger partial charge in [0.25, 0.3) is 0 Å². The quantitative estimate of drug-likeness (QED) is 0.940. The number of pyridine rings is 1. The maximum atomic E-state index is 9.68. The van der Waals surface area contributed by atoms with E-state index in [0.29, 0.717) is 17.5 Å². The van der Waals surface area contributed by atoms with Gasteiger partial charge < -0.3 is 10.2 Å². The number of nitriles is 1. The van der Waals surface area contributed by atoms with Gasteiger partial charge >= 0.3 is 0 Å². The summed E-state index contributed by atoms with van der Waals surface area (Å²) in [6, 6.07) is 15.0. The molecule has 24 heavy (non-hydrogen) atoms. The molecule has 3 rings (SSSR count). The predicted molar refractivity (Wildman–Crippen MR) is 98.2 cm³/mol. The topological polar surface area (TPSA) is 52.0 Å². The zero-order valence-electron chi connectivity index (χ0n) is 14.6. The minimum Gasteiger partial charge on any atom is -0.353 e. The molecule has 4 heteroatoms. The van der Waals surface area contributed by atoms with Gasteiger partial charge in [0.15, 0.2) is 0 Å². The molecule has 4 nitrogen and oxygen atoms in total. The summed E-state index contributed by atoms with van der Waals surface area (Å²) in [6.45, 7) is 9.17. The molecule has 1 N–H and O–H groups in total. The molecule has 2 aromatic rings. The van der Waals surface area contributed by atoms with E-state index in [4.69, 9.17) is 4.98 Å². The number of rotatable bonds is 3. The van der Waals surface area contributed by atoms with E-state index >= 15 is 0 Å². The van der Waals surface area contributed by atoms with Gasteiger partial charge in [-0.15, -0.1) is 0 Å². The van der Waals surface area contributed by atoms with Crippen LogP contribution in [0.25, 0.3) is 11.1 Å². The molecule has 0 amide bonds. The Kier molecular flexibility index (Phi) is 4.82. The van der Waals surface area contributed by atoms with Crippen LogP contribution < -0.4 is 10.2 Å². The van der Waals surface area contributed by atoms with Crippen molar-refractivity contribution >= 4 is 5.82 Å². The second-order valence-corrected chi connectivity index (χ2v) is 6.73. The third kappa shape index (κ3) is 3.27. The standard InChI is InChI=1S/C20H24N4/c1-14(2)19-18(16-7-5-4-6-8-16)11-17(12-21)20(23-19)24-10-9-22-15(3)13-24/h4-8,11,14-15,22H,9-10,13H2,1-3H3. The van der Waals surface area contributed by atoms with E-state index < -0.39 is 0 Å². The number of hydrogen-bond donors (Lipinski definition) is 1. The highest BCUT2D eigenvalue weighted by Crippen LogP contribution is 2.32. The van der Waals surface area contributed by atoms with Crippen LogP contribution in [0.2, 0.25) is 0 Å². The van der Waals surface area contributed by atoms with Crippen molar-refractivity contribution in [3.63, 3.8) is 0 Å². The molecule has 1 fully saturated rings. The van der Waals surface area contributed by atoms with Crippen molar-refractivity contribution in [3.8, 4) is 17.2 Å². The normalized spacial score (nSPS) is 17.8. The molecular formula is C20H24N4. The molecule has 1 aromatic heterocycles. The highest BCUT2D eigenvalue weighted by Gasteiger charge is 2.23. The molecule has 0 aliphatic carbocycles. The van der Waals surface area contributed by atoms with Crippen LogP contribution in [-0.4, -0.2) is 30.7 Å². The van der Waals surface area contributed by atoms with Gasteiger partial charge in [-0.3, -0.25) is 0 Å². The molecule has 0 spiro atoms. The summed E-state index contributed by atoms with van der Waals surface area (Å²) >= 11 is 0. The molecule has 1 saturated heterocycles. The van der Waals surface area contributed by atoms with Crippen molar-refractivity contribution in [2.75, 3.05) is 24.5 Å². The van der Waals surface area contributed by atoms with Crippen molar-refractivity contribution in [2.24, 2.45) is 0 Å². The molecule has 0 saturated carbocycles. The van der Waals surface area contributed by atoms with Gasteiger partial charge in [0, 0.05) is 31.2 Å². The van der Waals surface area contributed by atoms with Crippen molar-refractivity contribution in [1.82, 2.24) is 10.3 Å². The number of benzene rings is 1. The van der Waals surface area contributed by atoms with Gasteiger partial charge in [-0.2, -0.15) is 5.26 Å². The minimum absolute atomic E-state index is 0.298. The zero-order valence-corrected chi connectivity index (χ0v) is 14.6. The van der Waals surface area contributed by atoms with E-state index in [1.165, 1.54) is 0 Å². The Bertz CT molecular complexity index is 746. The molecular weight excluding hydrogens is 296 g/mol. The summed E-state index contributed by atoms with van der Waals surface area (Å²) in [5.74, 6) is 1.13. The molecule has 124 valence electrons. The Morgan fingerprint density at radius 1 is 1.29 bits per heavy atom. The summed E-state index contributed by atoms with van der Waals surface area (Å²) < 4.78 is 0. The van der Waals surface area contributed by atoms with E-state index in [9.17, 15) is 5.26 Å². The monoisotopic (exact) mass is 320 g/mol. The van der Waals surface area contributed by atoms with Crippen molar-refractivity contribution < 1.29 is 0 Å². The largest absolute Gasteiger partial charge is 0.353 e. The Hall–Kier alpha value is -2.38. The third-order valence-electron chi connectivity index (χ3n) is 4.45. The molecule has 1 unspecified atom stereocenters. The zero-order chi connectivity index (χ0) is 17.1. The highest BCUT2D eigenvalue weighted by atomic mass is 15.2. The second-order valence-electron chi connectivity index (χ2n) is 6.73. The fourth-order valence-electron chi connectivity index (χ4n) is 3.25. The van der Waals surface area contributed by atoms with E-state index in [0.717, 1.165) is 42.3 Å². The first-order valence-corrected chi connectivity index (χ1v) is 8.59. The third-order valence-corrected chi connectivity index (χ3v) is 4.45. The summed E-state index contributed by atoms with van der Waals surface area (Å²) in [6.07, 6.45) is 0. The van der Waals surface area contributed by atoms with E-state index in [-0.39, 0.29) is 0 Å². The fourth-order valence-corrected chi connectivity index (χ4v) is 3.25. The van der Waals surface area contributed by atoms with Gasteiger partial charge in [0.1, 0.15) is 11.9 Å². The van der Waals surface area contributed by atoms with Crippen LogP contribution in [0.4, 0.5) is 5.82 Å². The summed E-state index contributed by atoms with van der Waals surface area (Å²) in [4.78, 5) is 7.19. The molecule has 0 radical (unpaired) electrons. The molecule has 1 aliphatic rings. The number of nitrogens with zero attached hydrogens (tertiary/aromatic N) is 3. The molecule has 0 bridgehead atoms. The van der Waals surface area contributed by atoms with Crippen molar-refractivity contribution in [3.05, 3.63) is 47.7 Å². The predicted octanol–water partition coefficient (Wildman–Crippen LogP) is 3.54. The Morgan fingerprint density at radius 3 is 2.67 bits per heavy atom. The average Bonchev–Trinajstić information content (AvgIpc) is 2.61. The van der Waals surface area contributed by atoms with Crippen LogP contribution in [0.15, 0.2) is 36.4 Å². The lowest BCUT2D eigenvalue weighted by molar-refractivity contribution is 0.481. The van der Waals surface area contributed by atoms with Gasteiger partial charge in [-0.1, -0.05) is 44.2 Å². The smallest absolute Gasteiger partial charge is 0.146 e. The number of piperazine rings is 1. The number of anilines is 1. The molecule has 2 heterocycles. The highest BCUT2D eigenvalue weighted by molar-refractivity contribution is 5.72. The lowest BCUT2D eigenvalue weighted by Gasteiger charge is -2.34. The number of nitrogens with one attached hydrogen (secondary N) is 1. The van der Waals surface area contributed by atoms with Crippen LogP contribution in [0.3, 0.4) is 0 Å². The molecule has 1 aromatic carbocycles. The first-order chi connectivity index (χ1) is 11.6. The second kappa shape index (κ2) is 7.02. The molecule has 1 aliphatic heterocycles. The minimum atomic E-state index is 0.298. The van der Waals surface area contributed by atoms with E-state index in [1.807, 2.05) is 24.3 Å². The lowest BCUT2D eigenvalue weighted by atomic mass is 9.96.